The fraction of sp³-hybridized carbons (Fsp3) is 0.529. The van der Waals surface area contributed by atoms with Gasteiger partial charge in [0, 0.05) is 12.2 Å². The van der Waals surface area contributed by atoms with Gasteiger partial charge >= 0.3 is 0 Å². The summed E-state index contributed by atoms with van der Waals surface area (Å²) >= 11 is 24.2. The lowest BCUT2D eigenvalue weighted by molar-refractivity contribution is -0.144. The van der Waals surface area contributed by atoms with Crippen LogP contribution < -0.4 is 5.32 Å². The number of nitrogens with one attached hydrogen (secondary N) is 1. The molecular weight excluding hydrogens is 406 g/mol. The lowest BCUT2D eigenvalue weighted by atomic mass is 9.97. The maximum absolute atomic E-state index is 12.9. The van der Waals surface area contributed by atoms with Crippen LogP contribution in [0.1, 0.15) is 32.6 Å². The summed E-state index contributed by atoms with van der Waals surface area (Å²) < 4.78 is -1.05. The number of likely N-dealkylation sites (tertiary alicyclic amines) is 1. The summed E-state index contributed by atoms with van der Waals surface area (Å²) in [5.41, 5.74) is -0.283. The molecule has 8 heteroatoms. The third-order valence-electron chi connectivity index (χ3n) is 4.98. The maximum atomic E-state index is 12.9. The van der Waals surface area contributed by atoms with E-state index in [2.05, 4.69) is 5.32 Å². The monoisotopic (exact) mass is 422 g/mol. The van der Waals surface area contributed by atoms with Crippen molar-refractivity contribution >= 4 is 63.9 Å². The number of nitrogens with zero attached hydrogens (tertiary/aromatic N) is 1. The Bertz CT molecular complexity index is 725. The third kappa shape index (κ3) is 3.59. The van der Waals surface area contributed by atoms with Gasteiger partial charge in [-0.05, 0) is 50.8 Å². The molecule has 2 atom stereocenters. The van der Waals surface area contributed by atoms with E-state index in [0.717, 1.165) is 12.8 Å². The van der Waals surface area contributed by atoms with E-state index in [1.807, 2.05) is 0 Å². The lowest BCUT2D eigenvalue weighted by Gasteiger charge is -2.36. The topological polar surface area (TPSA) is 49.4 Å². The predicted octanol–water partition coefficient (Wildman–Crippen LogP) is 4.90. The van der Waals surface area contributed by atoms with Gasteiger partial charge in [-0.1, -0.05) is 23.2 Å². The van der Waals surface area contributed by atoms with Gasteiger partial charge in [-0.3, -0.25) is 9.59 Å². The van der Waals surface area contributed by atoms with Crippen LogP contribution in [0, 0.1) is 5.41 Å². The summed E-state index contributed by atoms with van der Waals surface area (Å²) in [6.07, 6.45) is 2.74. The van der Waals surface area contributed by atoms with Crippen molar-refractivity contribution in [3.63, 3.8) is 0 Å². The highest BCUT2D eigenvalue weighted by atomic mass is 35.5. The highest BCUT2D eigenvalue weighted by molar-refractivity contribution is 6.53. The molecular formula is C17H18Cl4N2O2. The molecule has 2 amide bonds. The molecule has 1 aromatic carbocycles. The SMILES string of the molecule is CC1(C(=O)N2CCCCC2C(=O)Nc2ccc(Cl)c(Cl)c2)CC1(Cl)Cl. The first-order valence-corrected chi connectivity index (χ1v) is 9.62. The molecule has 1 aromatic rings. The van der Waals surface area contributed by atoms with E-state index in [1.165, 1.54) is 0 Å². The van der Waals surface area contributed by atoms with Crippen LogP contribution in [-0.2, 0) is 9.59 Å². The van der Waals surface area contributed by atoms with Gasteiger partial charge in [0.15, 0.2) is 0 Å². The molecule has 0 bridgehead atoms. The van der Waals surface area contributed by atoms with E-state index in [9.17, 15) is 9.59 Å². The standard InChI is InChI=1S/C17H18Cl4N2O2/c1-16(9-17(16,20)21)15(25)23-7-3-2-4-13(23)14(24)22-10-5-6-11(18)12(19)8-10/h5-6,8,13H,2-4,7,9H2,1H3,(H,22,24). The molecule has 1 saturated carbocycles. The minimum Gasteiger partial charge on any atom is -0.330 e. The number of carbonyl (C=O) groups excluding carboxylic acids is 2. The summed E-state index contributed by atoms with van der Waals surface area (Å²) in [6.45, 7) is 2.27. The minimum atomic E-state index is -1.05. The van der Waals surface area contributed by atoms with Crippen LogP contribution >= 0.6 is 46.4 Å². The van der Waals surface area contributed by atoms with Crippen LogP contribution in [0.25, 0.3) is 0 Å². The van der Waals surface area contributed by atoms with Crippen molar-refractivity contribution in [3.05, 3.63) is 28.2 Å². The highest BCUT2D eigenvalue weighted by Gasteiger charge is 2.69. The van der Waals surface area contributed by atoms with Gasteiger partial charge in [-0.15, -0.1) is 23.2 Å². The summed E-state index contributed by atoms with van der Waals surface area (Å²) in [5.74, 6) is -0.406. The summed E-state index contributed by atoms with van der Waals surface area (Å²) in [5, 5.41) is 3.59. The molecule has 2 unspecified atom stereocenters. The van der Waals surface area contributed by atoms with Gasteiger partial charge in [-0.2, -0.15) is 0 Å². The van der Waals surface area contributed by atoms with Crippen LogP contribution in [0.4, 0.5) is 5.69 Å². The number of piperidine rings is 1. The van der Waals surface area contributed by atoms with Crippen molar-refractivity contribution < 1.29 is 9.59 Å². The first-order chi connectivity index (χ1) is 11.7. The number of carbonyl (C=O) groups is 2. The van der Waals surface area contributed by atoms with E-state index in [-0.39, 0.29) is 11.8 Å². The Morgan fingerprint density at radius 3 is 2.48 bits per heavy atom. The molecule has 1 aliphatic carbocycles. The van der Waals surface area contributed by atoms with E-state index in [4.69, 9.17) is 46.4 Å². The summed E-state index contributed by atoms with van der Waals surface area (Å²) in [6, 6.07) is 4.33. The Labute approximate surface area is 166 Å². The number of anilines is 1. The molecule has 0 aromatic heterocycles. The fourth-order valence-corrected chi connectivity index (χ4v) is 4.19. The number of hydrogen-bond acceptors (Lipinski definition) is 2. The quantitative estimate of drug-likeness (QED) is 0.703. The van der Waals surface area contributed by atoms with Crippen molar-refractivity contribution in [3.8, 4) is 0 Å². The second-order valence-electron chi connectivity index (χ2n) is 6.84. The molecule has 2 aliphatic rings. The number of amides is 2. The van der Waals surface area contributed by atoms with E-state index in [1.54, 1.807) is 30.0 Å². The average Bonchev–Trinajstić information content (AvgIpc) is 3.09. The highest BCUT2D eigenvalue weighted by Crippen LogP contribution is 2.64. The molecule has 25 heavy (non-hydrogen) atoms. The summed E-state index contributed by atoms with van der Waals surface area (Å²) in [7, 11) is 0. The van der Waals surface area contributed by atoms with E-state index < -0.39 is 15.8 Å². The zero-order valence-corrected chi connectivity index (χ0v) is 16.6. The number of halogens is 4. The zero-order valence-electron chi connectivity index (χ0n) is 13.6. The van der Waals surface area contributed by atoms with Crippen molar-refractivity contribution in [1.82, 2.24) is 4.90 Å². The lowest BCUT2D eigenvalue weighted by Crippen LogP contribution is -2.52. The molecule has 0 radical (unpaired) electrons. The van der Waals surface area contributed by atoms with Gasteiger partial charge in [0.2, 0.25) is 11.8 Å². The van der Waals surface area contributed by atoms with Crippen molar-refractivity contribution in [2.75, 3.05) is 11.9 Å². The first kappa shape index (κ1) is 19.1. The molecule has 1 N–H and O–H groups in total. The Morgan fingerprint density at radius 2 is 1.88 bits per heavy atom. The van der Waals surface area contributed by atoms with E-state index >= 15 is 0 Å². The number of rotatable bonds is 3. The minimum absolute atomic E-state index is 0.161. The van der Waals surface area contributed by atoms with Crippen molar-refractivity contribution in [2.24, 2.45) is 5.41 Å². The van der Waals surface area contributed by atoms with Gasteiger partial charge in [-0.25, -0.2) is 0 Å². The Hall–Kier alpha value is -0.680. The van der Waals surface area contributed by atoms with Crippen LogP contribution in [0.15, 0.2) is 18.2 Å². The third-order valence-corrected chi connectivity index (χ3v) is 6.82. The van der Waals surface area contributed by atoms with Crippen LogP contribution in [0.5, 0.6) is 0 Å². The molecule has 1 heterocycles. The Kier molecular flexibility index (Phi) is 5.20. The second-order valence-corrected chi connectivity index (χ2v) is 9.14. The Morgan fingerprint density at radius 1 is 1.20 bits per heavy atom. The molecule has 1 aliphatic heterocycles. The number of hydrogen-bond donors (Lipinski definition) is 1. The molecule has 136 valence electrons. The maximum Gasteiger partial charge on any atom is 0.247 e. The number of alkyl halides is 2. The molecule has 2 fully saturated rings. The van der Waals surface area contributed by atoms with Crippen LogP contribution in [-0.4, -0.2) is 33.6 Å². The summed E-state index contributed by atoms with van der Waals surface area (Å²) in [4.78, 5) is 27.3. The largest absolute Gasteiger partial charge is 0.330 e. The van der Waals surface area contributed by atoms with E-state index in [0.29, 0.717) is 35.1 Å². The fourth-order valence-electron chi connectivity index (χ4n) is 3.20. The zero-order chi connectivity index (χ0) is 18.4. The Balaban J connectivity index is 1.75. The van der Waals surface area contributed by atoms with Crippen LogP contribution in [0.2, 0.25) is 10.0 Å². The molecule has 4 nitrogen and oxygen atoms in total. The van der Waals surface area contributed by atoms with Crippen molar-refractivity contribution in [1.29, 1.82) is 0 Å². The predicted molar refractivity (Wildman–Crippen MR) is 102 cm³/mol. The van der Waals surface area contributed by atoms with Gasteiger partial charge in [0.05, 0.1) is 15.5 Å². The average molecular weight is 424 g/mol. The van der Waals surface area contributed by atoms with Gasteiger partial charge in [0.25, 0.3) is 0 Å². The smallest absolute Gasteiger partial charge is 0.247 e. The molecule has 0 spiro atoms. The number of benzene rings is 1. The van der Waals surface area contributed by atoms with Gasteiger partial charge in [0.1, 0.15) is 10.4 Å². The van der Waals surface area contributed by atoms with Crippen molar-refractivity contribution in [2.45, 2.75) is 43.0 Å². The van der Waals surface area contributed by atoms with Gasteiger partial charge < -0.3 is 10.2 Å². The normalized spacial score (nSPS) is 27.7. The van der Waals surface area contributed by atoms with Crippen LogP contribution in [0.3, 0.4) is 0 Å². The second kappa shape index (κ2) is 6.80. The first-order valence-electron chi connectivity index (χ1n) is 8.10. The molecule has 3 rings (SSSR count). The molecule has 1 saturated heterocycles.